The largest absolute Gasteiger partial charge is 0.354 e. The second kappa shape index (κ2) is 9.26. The van der Waals surface area contributed by atoms with Crippen LogP contribution < -0.4 is 16.4 Å². The molecular weight excluding hydrogens is 454 g/mol. The van der Waals surface area contributed by atoms with Gasteiger partial charge in [-0.15, -0.1) is 0 Å². The van der Waals surface area contributed by atoms with E-state index in [1.54, 1.807) is 26.9 Å². The van der Waals surface area contributed by atoms with E-state index in [-0.39, 0.29) is 29.5 Å². The molecule has 0 saturated carbocycles. The molecule has 34 heavy (non-hydrogen) atoms. The van der Waals surface area contributed by atoms with Gasteiger partial charge in [0.25, 0.3) is 11.1 Å². The van der Waals surface area contributed by atoms with Gasteiger partial charge in [-0.25, -0.2) is 14.6 Å². The van der Waals surface area contributed by atoms with Crippen LogP contribution in [0.4, 0.5) is 0 Å². The van der Waals surface area contributed by atoms with E-state index in [0.29, 0.717) is 47.1 Å². The first-order valence-corrected chi connectivity index (χ1v) is 11.9. The van der Waals surface area contributed by atoms with Crippen LogP contribution in [0.5, 0.6) is 0 Å². The van der Waals surface area contributed by atoms with Crippen molar-refractivity contribution in [2.75, 3.05) is 12.3 Å². The Kier molecular flexibility index (Phi) is 6.01. The standard InChI is InChI=1S/C23H23N7O3S/c1-15-10-25-23-30(21(15)32)17(13-34-23)9-19(31)24-7-8-29-20-18(11-27-29)22(33)28(14-26-20)12-16-5-3-2-4-6-16/h2-6,10-11,14,17H,7-9,12-13H2,1H3,(H,24,31). The summed E-state index contributed by atoms with van der Waals surface area (Å²) in [6.45, 7) is 2.87. The van der Waals surface area contributed by atoms with Gasteiger partial charge in [-0.05, 0) is 12.5 Å². The zero-order valence-corrected chi connectivity index (χ0v) is 19.4. The van der Waals surface area contributed by atoms with E-state index in [4.69, 9.17) is 0 Å². The first-order chi connectivity index (χ1) is 16.5. The summed E-state index contributed by atoms with van der Waals surface area (Å²) in [4.78, 5) is 46.5. The van der Waals surface area contributed by atoms with E-state index >= 15 is 0 Å². The first kappa shape index (κ1) is 22.1. The van der Waals surface area contributed by atoms with Gasteiger partial charge in [0, 0.05) is 30.5 Å². The number of amides is 1. The Labute approximate surface area is 198 Å². The molecule has 5 rings (SSSR count). The molecule has 1 aliphatic rings. The normalized spacial score (nSPS) is 14.9. The minimum Gasteiger partial charge on any atom is -0.354 e. The van der Waals surface area contributed by atoms with Gasteiger partial charge in [0.15, 0.2) is 10.8 Å². The lowest BCUT2D eigenvalue weighted by Gasteiger charge is -2.13. The molecule has 1 aliphatic heterocycles. The van der Waals surface area contributed by atoms with E-state index in [2.05, 4.69) is 20.4 Å². The Balaban J connectivity index is 1.21. The number of carbonyl (C=O) groups excluding carboxylic acids is 1. The van der Waals surface area contributed by atoms with Crippen molar-refractivity contribution in [1.29, 1.82) is 0 Å². The van der Waals surface area contributed by atoms with Crippen LogP contribution in [-0.2, 0) is 17.9 Å². The highest BCUT2D eigenvalue weighted by Gasteiger charge is 2.27. The number of aryl methyl sites for hydroxylation is 1. The fourth-order valence-electron chi connectivity index (χ4n) is 4.01. The molecule has 10 nitrogen and oxygen atoms in total. The number of thioether (sulfide) groups is 1. The van der Waals surface area contributed by atoms with Crippen molar-refractivity contribution in [1.82, 2.24) is 34.2 Å². The van der Waals surface area contributed by atoms with Crippen molar-refractivity contribution in [2.45, 2.75) is 37.6 Å². The number of fused-ring (bicyclic) bond motifs is 2. The van der Waals surface area contributed by atoms with Crippen molar-refractivity contribution in [2.24, 2.45) is 0 Å². The Morgan fingerprint density at radius 1 is 1.15 bits per heavy atom. The lowest BCUT2D eigenvalue weighted by molar-refractivity contribution is -0.121. The molecular formula is C23H23N7O3S. The van der Waals surface area contributed by atoms with E-state index < -0.39 is 0 Å². The summed E-state index contributed by atoms with van der Waals surface area (Å²) in [5.74, 6) is 0.490. The second-order valence-electron chi connectivity index (χ2n) is 8.19. The minimum atomic E-state index is -0.213. The fourth-order valence-corrected chi connectivity index (χ4v) is 5.12. The summed E-state index contributed by atoms with van der Waals surface area (Å²) in [6, 6.07) is 9.49. The maximum atomic E-state index is 12.8. The van der Waals surface area contributed by atoms with Gasteiger partial charge < -0.3 is 5.32 Å². The van der Waals surface area contributed by atoms with Crippen LogP contribution in [0.15, 0.2) is 63.8 Å². The molecule has 0 spiro atoms. The molecule has 11 heteroatoms. The number of nitrogens with one attached hydrogen (secondary N) is 1. The third-order valence-electron chi connectivity index (χ3n) is 5.79. The lowest BCUT2D eigenvalue weighted by atomic mass is 10.2. The van der Waals surface area contributed by atoms with Crippen molar-refractivity contribution in [3.05, 3.63) is 80.9 Å². The van der Waals surface area contributed by atoms with E-state index in [1.807, 2.05) is 30.3 Å². The number of hydrogen-bond donors (Lipinski definition) is 1. The van der Waals surface area contributed by atoms with E-state index in [9.17, 15) is 14.4 Å². The summed E-state index contributed by atoms with van der Waals surface area (Å²) in [5.41, 5.74) is 1.81. The Bertz CT molecular complexity index is 1480. The monoisotopic (exact) mass is 477 g/mol. The fraction of sp³-hybridized carbons (Fsp3) is 0.304. The highest BCUT2D eigenvalue weighted by molar-refractivity contribution is 7.99. The van der Waals surface area contributed by atoms with Gasteiger partial charge in [-0.3, -0.25) is 23.5 Å². The lowest BCUT2D eigenvalue weighted by Crippen LogP contribution is -2.33. The molecule has 0 saturated heterocycles. The zero-order valence-electron chi connectivity index (χ0n) is 18.5. The maximum Gasteiger partial charge on any atom is 0.264 e. The molecule has 4 heterocycles. The van der Waals surface area contributed by atoms with Crippen molar-refractivity contribution in [3.8, 4) is 0 Å². The summed E-state index contributed by atoms with van der Waals surface area (Å²) in [7, 11) is 0. The number of hydrogen-bond acceptors (Lipinski definition) is 7. The predicted octanol–water partition coefficient (Wildman–Crippen LogP) is 1.36. The van der Waals surface area contributed by atoms with Gasteiger partial charge in [-0.1, -0.05) is 42.1 Å². The maximum absolute atomic E-state index is 12.8. The molecule has 1 unspecified atom stereocenters. The van der Waals surface area contributed by atoms with Crippen LogP contribution >= 0.6 is 11.8 Å². The molecule has 0 radical (unpaired) electrons. The van der Waals surface area contributed by atoms with Crippen LogP contribution in [0.1, 0.15) is 23.6 Å². The molecule has 1 amide bonds. The highest BCUT2D eigenvalue weighted by atomic mass is 32.2. The summed E-state index contributed by atoms with van der Waals surface area (Å²) >= 11 is 1.48. The minimum absolute atomic E-state index is 0.0974. The quantitative estimate of drug-likeness (QED) is 0.400. The van der Waals surface area contributed by atoms with Gasteiger partial charge in [0.1, 0.15) is 11.7 Å². The Hall–Kier alpha value is -3.73. The molecule has 1 aromatic carbocycles. The third kappa shape index (κ3) is 4.26. The number of aromatic nitrogens is 6. The van der Waals surface area contributed by atoms with Crippen LogP contribution in [0.25, 0.3) is 11.0 Å². The second-order valence-corrected chi connectivity index (χ2v) is 9.17. The van der Waals surface area contributed by atoms with E-state index in [0.717, 1.165) is 5.56 Å². The molecule has 174 valence electrons. The number of rotatable bonds is 7. The molecule has 3 aromatic heterocycles. The van der Waals surface area contributed by atoms with Crippen molar-refractivity contribution >= 4 is 28.7 Å². The van der Waals surface area contributed by atoms with Gasteiger partial charge in [0.05, 0.1) is 25.3 Å². The summed E-state index contributed by atoms with van der Waals surface area (Å²) in [6.07, 6.45) is 4.82. The topological polar surface area (TPSA) is 117 Å². The van der Waals surface area contributed by atoms with Crippen LogP contribution in [0, 0.1) is 6.92 Å². The number of benzene rings is 1. The average molecular weight is 478 g/mol. The summed E-state index contributed by atoms with van der Waals surface area (Å²) < 4.78 is 4.79. The molecule has 4 aromatic rings. The molecule has 0 fully saturated rings. The van der Waals surface area contributed by atoms with Crippen LogP contribution in [0.2, 0.25) is 0 Å². The van der Waals surface area contributed by atoms with Gasteiger partial charge in [0.2, 0.25) is 5.91 Å². The smallest absolute Gasteiger partial charge is 0.264 e. The molecule has 0 aliphatic carbocycles. The third-order valence-corrected chi connectivity index (χ3v) is 6.90. The van der Waals surface area contributed by atoms with E-state index in [1.165, 1.54) is 24.3 Å². The van der Waals surface area contributed by atoms with Gasteiger partial charge in [-0.2, -0.15) is 5.10 Å². The number of carbonyl (C=O) groups is 1. The summed E-state index contributed by atoms with van der Waals surface area (Å²) in [5, 5.41) is 8.26. The molecule has 0 bridgehead atoms. The van der Waals surface area contributed by atoms with Crippen LogP contribution in [0.3, 0.4) is 0 Å². The first-order valence-electron chi connectivity index (χ1n) is 10.9. The highest BCUT2D eigenvalue weighted by Crippen LogP contribution is 2.31. The predicted molar refractivity (Wildman–Crippen MR) is 128 cm³/mol. The van der Waals surface area contributed by atoms with Gasteiger partial charge >= 0.3 is 0 Å². The zero-order chi connectivity index (χ0) is 23.7. The molecule has 1 atom stereocenters. The number of nitrogens with zero attached hydrogens (tertiary/aromatic N) is 6. The van der Waals surface area contributed by atoms with Crippen molar-refractivity contribution < 1.29 is 4.79 Å². The average Bonchev–Trinajstić information content (AvgIpc) is 3.44. The Morgan fingerprint density at radius 3 is 2.79 bits per heavy atom. The molecule has 1 N–H and O–H groups in total. The Morgan fingerprint density at radius 2 is 1.97 bits per heavy atom. The van der Waals surface area contributed by atoms with Crippen molar-refractivity contribution in [3.63, 3.8) is 0 Å². The van der Waals surface area contributed by atoms with Crippen LogP contribution in [-0.4, -0.2) is 47.1 Å². The SMILES string of the molecule is Cc1cnc2n(c1=O)C(CC(=O)NCCn1ncc3c(=O)n(Cc4ccccc4)cnc31)CS2.